The van der Waals surface area contributed by atoms with Crippen LogP contribution in [-0.2, 0) is 27.5 Å². The highest BCUT2D eigenvalue weighted by atomic mass is 16.5. The summed E-state index contributed by atoms with van der Waals surface area (Å²) in [6, 6.07) is 7.95. The summed E-state index contributed by atoms with van der Waals surface area (Å²) in [7, 11) is 1.68. The lowest BCUT2D eigenvalue weighted by Gasteiger charge is -2.07. The van der Waals surface area contributed by atoms with E-state index in [1.807, 2.05) is 24.3 Å². The molecule has 1 aliphatic rings. The van der Waals surface area contributed by atoms with Crippen molar-refractivity contribution in [3.05, 3.63) is 35.4 Å². The van der Waals surface area contributed by atoms with Gasteiger partial charge in [0.25, 0.3) is 0 Å². The Morgan fingerprint density at radius 3 is 1.85 bits per heavy atom. The molecule has 0 radical (unpaired) electrons. The summed E-state index contributed by atoms with van der Waals surface area (Å²) in [5.74, 6) is -0.0799. The molecule has 0 N–H and O–H groups in total. The molecule has 20 heavy (non-hydrogen) atoms. The Morgan fingerprint density at radius 2 is 1.45 bits per heavy atom. The second kappa shape index (κ2) is 5.21. The van der Waals surface area contributed by atoms with Crippen LogP contribution in [0.25, 0.3) is 0 Å². The van der Waals surface area contributed by atoms with Crippen LogP contribution < -0.4 is 0 Å². The SMILES string of the molecule is COCc1ccc(COC(=O)C2C(C)(C)C2(C)C)cc1. The number of carbonyl (C=O) groups excluding carboxylic acids is 1. The molecule has 2 rings (SSSR count). The van der Waals surface area contributed by atoms with Gasteiger partial charge in [-0.25, -0.2) is 0 Å². The van der Waals surface area contributed by atoms with Gasteiger partial charge < -0.3 is 9.47 Å². The highest BCUT2D eigenvalue weighted by molar-refractivity contribution is 5.78. The van der Waals surface area contributed by atoms with E-state index < -0.39 is 0 Å². The second-order valence-corrected chi connectivity index (χ2v) is 6.73. The number of rotatable bonds is 5. The molecule has 3 nitrogen and oxygen atoms in total. The number of hydrogen-bond donors (Lipinski definition) is 0. The quantitative estimate of drug-likeness (QED) is 0.771. The molecule has 1 aromatic carbocycles. The topological polar surface area (TPSA) is 35.5 Å². The standard InChI is InChI=1S/C17H24O3/c1-16(2)14(17(16,3)4)15(18)20-11-13-8-6-12(7-9-13)10-19-5/h6-9,14H,10-11H2,1-5H3. The third kappa shape index (κ3) is 2.59. The minimum atomic E-state index is -0.0824. The molecule has 0 atom stereocenters. The highest BCUT2D eigenvalue weighted by Gasteiger charge is 2.69. The lowest BCUT2D eigenvalue weighted by atomic mass is 10.0. The van der Waals surface area contributed by atoms with Gasteiger partial charge in [0.05, 0.1) is 12.5 Å². The summed E-state index contributed by atoms with van der Waals surface area (Å²) in [6.45, 7) is 9.44. The van der Waals surface area contributed by atoms with Crippen LogP contribution in [0, 0.1) is 16.7 Å². The molecular formula is C17H24O3. The summed E-state index contributed by atoms with van der Waals surface area (Å²) >= 11 is 0. The molecule has 0 aliphatic heterocycles. The third-order valence-electron chi connectivity index (χ3n) is 4.97. The Bertz CT molecular complexity index is 471. The smallest absolute Gasteiger partial charge is 0.310 e. The summed E-state index contributed by atoms with van der Waals surface area (Å²) in [6.07, 6.45) is 0. The maximum Gasteiger partial charge on any atom is 0.310 e. The molecule has 0 aromatic heterocycles. The molecule has 0 bridgehead atoms. The van der Waals surface area contributed by atoms with Gasteiger partial charge in [0, 0.05) is 7.11 Å². The van der Waals surface area contributed by atoms with E-state index in [1.54, 1.807) is 7.11 Å². The van der Waals surface area contributed by atoms with Crippen LogP contribution in [-0.4, -0.2) is 13.1 Å². The van der Waals surface area contributed by atoms with Crippen LogP contribution >= 0.6 is 0 Å². The average molecular weight is 276 g/mol. The van der Waals surface area contributed by atoms with Crippen molar-refractivity contribution in [2.45, 2.75) is 40.9 Å². The largest absolute Gasteiger partial charge is 0.461 e. The zero-order chi connectivity index (χ0) is 15.0. The lowest BCUT2D eigenvalue weighted by molar-refractivity contribution is -0.148. The Hall–Kier alpha value is -1.35. The van der Waals surface area contributed by atoms with E-state index in [1.165, 1.54) is 0 Å². The first-order chi connectivity index (χ1) is 9.30. The Morgan fingerprint density at radius 1 is 1.00 bits per heavy atom. The van der Waals surface area contributed by atoms with Gasteiger partial charge in [0.2, 0.25) is 0 Å². The monoisotopic (exact) mass is 276 g/mol. The van der Waals surface area contributed by atoms with E-state index in [2.05, 4.69) is 27.7 Å². The molecule has 0 heterocycles. The van der Waals surface area contributed by atoms with Crippen molar-refractivity contribution in [2.75, 3.05) is 7.11 Å². The van der Waals surface area contributed by atoms with Crippen molar-refractivity contribution in [1.29, 1.82) is 0 Å². The van der Waals surface area contributed by atoms with Crippen LogP contribution in [0.15, 0.2) is 24.3 Å². The van der Waals surface area contributed by atoms with Gasteiger partial charge in [-0.15, -0.1) is 0 Å². The van der Waals surface area contributed by atoms with Crippen molar-refractivity contribution in [2.24, 2.45) is 16.7 Å². The number of benzene rings is 1. The fraction of sp³-hybridized carbons (Fsp3) is 0.588. The summed E-state index contributed by atoms with van der Waals surface area (Å²) < 4.78 is 10.5. The third-order valence-corrected chi connectivity index (χ3v) is 4.97. The van der Waals surface area contributed by atoms with E-state index in [9.17, 15) is 4.79 Å². The second-order valence-electron chi connectivity index (χ2n) is 6.73. The Kier molecular flexibility index (Phi) is 3.92. The highest BCUT2D eigenvalue weighted by Crippen LogP contribution is 2.68. The van der Waals surface area contributed by atoms with Gasteiger partial charge >= 0.3 is 5.97 Å². The fourth-order valence-corrected chi connectivity index (χ4v) is 2.92. The predicted molar refractivity (Wildman–Crippen MR) is 78.0 cm³/mol. The van der Waals surface area contributed by atoms with Crippen molar-refractivity contribution in [3.8, 4) is 0 Å². The van der Waals surface area contributed by atoms with Gasteiger partial charge in [0.1, 0.15) is 6.61 Å². The van der Waals surface area contributed by atoms with Gasteiger partial charge in [-0.05, 0) is 22.0 Å². The first-order valence-corrected chi connectivity index (χ1v) is 7.04. The van der Waals surface area contributed by atoms with Gasteiger partial charge in [-0.3, -0.25) is 4.79 Å². The van der Waals surface area contributed by atoms with E-state index in [4.69, 9.17) is 9.47 Å². The van der Waals surface area contributed by atoms with Gasteiger partial charge in [-0.1, -0.05) is 52.0 Å². The summed E-state index contributed by atoms with van der Waals surface area (Å²) in [4.78, 5) is 12.1. The van der Waals surface area contributed by atoms with Crippen molar-refractivity contribution in [1.82, 2.24) is 0 Å². The van der Waals surface area contributed by atoms with Crippen molar-refractivity contribution < 1.29 is 14.3 Å². The van der Waals surface area contributed by atoms with E-state index >= 15 is 0 Å². The summed E-state index contributed by atoms with van der Waals surface area (Å²) in [5.41, 5.74) is 2.19. The summed E-state index contributed by atoms with van der Waals surface area (Å²) in [5, 5.41) is 0. The minimum absolute atomic E-state index is 0.00256. The molecule has 3 heteroatoms. The van der Waals surface area contributed by atoms with Crippen LogP contribution in [0.3, 0.4) is 0 Å². The normalized spacial score (nSPS) is 19.6. The molecule has 0 spiro atoms. The van der Waals surface area contributed by atoms with Crippen LogP contribution in [0.4, 0.5) is 0 Å². The molecule has 1 saturated carbocycles. The molecular weight excluding hydrogens is 252 g/mol. The van der Waals surface area contributed by atoms with Crippen LogP contribution in [0.1, 0.15) is 38.8 Å². The lowest BCUT2D eigenvalue weighted by Crippen LogP contribution is -2.11. The number of carbonyl (C=O) groups is 1. The van der Waals surface area contributed by atoms with E-state index in [0.29, 0.717) is 13.2 Å². The van der Waals surface area contributed by atoms with Crippen molar-refractivity contribution in [3.63, 3.8) is 0 Å². The van der Waals surface area contributed by atoms with Crippen LogP contribution in [0.5, 0.6) is 0 Å². The number of ether oxygens (including phenoxy) is 2. The van der Waals surface area contributed by atoms with E-state index in [-0.39, 0.29) is 22.7 Å². The predicted octanol–water partition coefficient (Wildman–Crippen LogP) is 3.56. The molecule has 1 aliphatic carbocycles. The molecule has 1 fully saturated rings. The molecule has 0 saturated heterocycles. The fourth-order valence-electron chi connectivity index (χ4n) is 2.92. The number of esters is 1. The maximum absolute atomic E-state index is 12.1. The van der Waals surface area contributed by atoms with E-state index in [0.717, 1.165) is 11.1 Å². The van der Waals surface area contributed by atoms with Crippen LogP contribution in [0.2, 0.25) is 0 Å². The Labute approximate surface area is 121 Å². The average Bonchev–Trinajstić information content (AvgIpc) is 2.79. The van der Waals surface area contributed by atoms with Crippen molar-refractivity contribution >= 4 is 5.97 Å². The zero-order valence-electron chi connectivity index (χ0n) is 13.0. The first-order valence-electron chi connectivity index (χ1n) is 7.04. The van der Waals surface area contributed by atoms with Gasteiger partial charge in [-0.2, -0.15) is 0 Å². The Balaban J connectivity index is 1.88. The zero-order valence-corrected chi connectivity index (χ0v) is 13.0. The number of hydrogen-bond acceptors (Lipinski definition) is 3. The molecule has 110 valence electrons. The van der Waals surface area contributed by atoms with Gasteiger partial charge in [0.15, 0.2) is 0 Å². The minimum Gasteiger partial charge on any atom is -0.461 e. The maximum atomic E-state index is 12.1. The molecule has 1 aromatic rings. The molecule has 0 amide bonds. The molecule has 0 unspecified atom stereocenters. The number of methoxy groups -OCH3 is 1. The first kappa shape index (κ1) is 15.0.